The molecule has 0 saturated carbocycles. The molecule has 178 valence electrons. The number of aliphatic hydroxyl groups excluding tert-OH is 1. The summed E-state index contributed by atoms with van der Waals surface area (Å²) in [5.41, 5.74) is 2.37. The molecule has 0 aliphatic carbocycles. The quantitative estimate of drug-likeness (QED) is 0.293. The fourth-order valence-corrected chi connectivity index (χ4v) is 4.86. The van der Waals surface area contributed by atoms with Gasteiger partial charge in [0.15, 0.2) is 5.76 Å². The van der Waals surface area contributed by atoms with Gasteiger partial charge in [0.25, 0.3) is 11.7 Å². The maximum absolute atomic E-state index is 13.3. The van der Waals surface area contributed by atoms with E-state index in [-0.39, 0.29) is 11.3 Å². The number of amides is 1. The van der Waals surface area contributed by atoms with Crippen LogP contribution in [0.5, 0.6) is 0 Å². The molecule has 0 bridgehead atoms. The number of imidazole rings is 1. The molecule has 1 fully saturated rings. The number of hydrogen-bond acceptors (Lipinski definition) is 5. The Labute approximate surface area is 204 Å². The molecule has 1 aliphatic rings. The Morgan fingerprint density at radius 2 is 1.91 bits per heavy atom. The third-order valence-corrected chi connectivity index (χ3v) is 6.64. The lowest BCUT2D eigenvalue weighted by atomic mass is 9.96. The number of aliphatic hydroxyl groups is 1. The summed E-state index contributed by atoms with van der Waals surface area (Å²) >= 11 is 6.27. The Bertz CT molecular complexity index is 1260. The highest BCUT2D eigenvalue weighted by molar-refractivity contribution is 6.46. The Morgan fingerprint density at radius 3 is 2.62 bits per heavy atom. The number of nitrogens with zero attached hydrogens (tertiary/aromatic N) is 4. The molecule has 1 amide bonds. The largest absolute Gasteiger partial charge is 0.505 e. The van der Waals surface area contributed by atoms with Crippen LogP contribution in [0.15, 0.2) is 54.2 Å². The van der Waals surface area contributed by atoms with Crippen molar-refractivity contribution in [2.24, 2.45) is 0 Å². The van der Waals surface area contributed by atoms with Gasteiger partial charge in [0.05, 0.1) is 17.3 Å². The van der Waals surface area contributed by atoms with Crippen molar-refractivity contribution in [2.75, 3.05) is 26.2 Å². The lowest BCUT2D eigenvalue weighted by Crippen LogP contribution is -2.33. The molecule has 1 saturated heterocycles. The van der Waals surface area contributed by atoms with Crippen molar-refractivity contribution in [2.45, 2.75) is 33.2 Å². The minimum atomic E-state index is -0.732. The van der Waals surface area contributed by atoms with Gasteiger partial charge in [-0.25, -0.2) is 4.98 Å². The van der Waals surface area contributed by atoms with Gasteiger partial charge in [-0.2, -0.15) is 0 Å². The normalized spacial score (nSPS) is 17.9. The van der Waals surface area contributed by atoms with Crippen molar-refractivity contribution in [3.63, 3.8) is 0 Å². The van der Waals surface area contributed by atoms with Gasteiger partial charge in [0.2, 0.25) is 0 Å². The zero-order valence-corrected chi connectivity index (χ0v) is 20.4. The van der Waals surface area contributed by atoms with Crippen LogP contribution in [0, 0.1) is 6.92 Å². The van der Waals surface area contributed by atoms with Crippen molar-refractivity contribution in [3.8, 4) is 0 Å². The number of benzene rings is 1. The first-order valence-corrected chi connectivity index (χ1v) is 11.9. The minimum Gasteiger partial charge on any atom is -0.505 e. The number of likely N-dealkylation sites (tertiary alicyclic amines) is 1. The van der Waals surface area contributed by atoms with E-state index >= 15 is 0 Å². The highest BCUT2D eigenvalue weighted by atomic mass is 35.5. The van der Waals surface area contributed by atoms with Gasteiger partial charge < -0.3 is 14.9 Å². The molecule has 1 aromatic carbocycles. The first-order chi connectivity index (χ1) is 16.4. The van der Waals surface area contributed by atoms with Crippen LogP contribution in [0.2, 0.25) is 5.02 Å². The van der Waals surface area contributed by atoms with Gasteiger partial charge in [-0.3, -0.25) is 14.0 Å². The fourth-order valence-electron chi connectivity index (χ4n) is 4.66. The number of carbonyl (C=O) groups excluding carboxylic acids is 2. The summed E-state index contributed by atoms with van der Waals surface area (Å²) in [7, 11) is 0. The number of rotatable bonds is 8. The second-order valence-corrected chi connectivity index (χ2v) is 8.84. The fraction of sp³-hybridized carbons (Fsp3) is 0.346. The SMILES string of the molecule is CCN(CC)CCCN1C(=O)C(=O)/C(=C(/O)c2c(C)nc3ccccn23)[C@H]1c1cccc(Cl)c1. The Balaban J connectivity index is 1.82. The molecule has 1 N–H and O–H groups in total. The number of fused-ring (bicyclic) bond motifs is 1. The molecule has 1 aliphatic heterocycles. The van der Waals surface area contributed by atoms with Crippen LogP contribution < -0.4 is 0 Å². The molecule has 1 atom stereocenters. The smallest absolute Gasteiger partial charge is 0.295 e. The maximum Gasteiger partial charge on any atom is 0.295 e. The molecule has 34 heavy (non-hydrogen) atoms. The average molecular weight is 481 g/mol. The topological polar surface area (TPSA) is 78.2 Å². The van der Waals surface area contributed by atoms with Crippen LogP contribution in [-0.4, -0.2) is 62.2 Å². The second kappa shape index (κ2) is 9.99. The van der Waals surface area contributed by atoms with E-state index in [0.29, 0.717) is 40.6 Å². The van der Waals surface area contributed by atoms with Crippen LogP contribution in [-0.2, 0) is 9.59 Å². The molecule has 3 heterocycles. The summed E-state index contributed by atoms with van der Waals surface area (Å²) < 4.78 is 1.73. The van der Waals surface area contributed by atoms with Crippen molar-refractivity contribution in [3.05, 3.63) is 76.2 Å². The van der Waals surface area contributed by atoms with Gasteiger partial charge in [0, 0.05) is 17.8 Å². The van der Waals surface area contributed by atoms with Gasteiger partial charge in [0.1, 0.15) is 11.3 Å². The van der Waals surface area contributed by atoms with Gasteiger partial charge >= 0.3 is 0 Å². The number of ketones is 1. The number of hydrogen-bond donors (Lipinski definition) is 1. The summed E-state index contributed by atoms with van der Waals surface area (Å²) in [6.45, 7) is 9.00. The number of Topliss-reactive ketones (excluding diaryl/α,β-unsaturated/α-hetero) is 1. The average Bonchev–Trinajstić information content (AvgIpc) is 3.29. The zero-order chi connectivity index (χ0) is 24.4. The number of halogens is 1. The molecule has 4 rings (SSSR count). The Morgan fingerprint density at radius 1 is 1.15 bits per heavy atom. The maximum atomic E-state index is 13.3. The molecule has 2 aromatic heterocycles. The third kappa shape index (κ3) is 4.33. The highest BCUT2D eigenvalue weighted by Crippen LogP contribution is 2.40. The van der Waals surface area contributed by atoms with E-state index in [0.717, 1.165) is 19.6 Å². The molecular formula is C26H29ClN4O3. The van der Waals surface area contributed by atoms with E-state index in [1.165, 1.54) is 0 Å². The van der Waals surface area contributed by atoms with E-state index in [1.807, 2.05) is 24.3 Å². The van der Waals surface area contributed by atoms with E-state index < -0.39 is 17.7 Å². The van der Waals surface area contributed by atoms with Gasteiger partial charge in [-0.15, -0.1) is 0 Å². The van der Waals surface area contributed by atoms with Crippen LogP contribution in [0.25, 0.3) is 11.4 Å². The lowest BCUT2D eigenvalue weighted by molar-refractivity contribution is -0.140. The molecule has 0 unspecified atom stereocenters. The molecule has 3 aromatic rings. The first-order valence-electron chi connectivity index (χ1n) is 11.6. The molecular weight excluding hydrogens is 452 g/mol. The first kappa shape index (κ1) is 24.0. The number of aryl methyl sites for hydroxylation is 1. The summed E-state index contributed by atoms with van der Waals surface area (Å²) in [5, 5.41) is 12.0. The second-order valence-electron chi connectivity index (χ2n) is 8.40. The summed E-state index contributed by atoms with van der Waals surface area (Å²) in [5.74, 6) is -1.54. The van der Waals surface area contributed by atoms with E-state index in [1.54, 1.807) is 40.6 Å². The van der Waals surface area contributed by atoms with Crippen molar-refractivity contribution < 1.29 is 14.7 Å². The monoisotopic (exact) mass is 480 g/mol. The van der Waals surface area contributed by atoms with Crippen LogP contribution in [0.4, 0.5) is 0 Å². The molecule has 8 heteroatoms. The lowest BCUT2D eigenvalue weighted by Gasteiger charge is -2.27. The molecule has 7 nitrogen and oxygen atoms in total. The number of aromatic nitrogens is 2. The molecule has 0 spiro atoms. The van der Waals surface area contributed by atoms with Crippen LogP contribution in [0.1, 0.15) is 43.3 Å². The Hall–Kier alpha value is -3.16. The van der Waals surface area contributed by atoms with E-state index in [9.17, 15) is 14.7 Å². The highest BCUT2D eigenvalue weighted by Gasteiger charge is 2.46. The van der Waals surface area contributed by atoms with Crippen LogP contribution in [0.3, 0.4) is 0 Å². The van der Waals surface area contributed by atoms with Crippen molar-refractivity contribution in [1.82, 2.24) is 19.2 Å². The van der Waals surface area contributed by atoms with Crippen molar-refractivity contribution >= 4 is 34.7 Å². The third-order valence-electron chi connectivity index (χ3n) is 6.40. The summed E-state index contributed by atoms with van der Waals surface area (Å²) in [6.07, 6.45) is 2.49. The zero-order valence-electron chi connectivity index (χ0n) is 19.7. The van der Waals surface area contributed by atoms with E-state index in [4.69, 9.17) is 11.6 Å². The minimum absolute atomic E-state index is 0.0591. The predicted octanol–water partition coefficient (Wildman–Crippen LogP) is 4.45. The summed E-state index contributed by atoms with van der Waals surface area (Å²) in [6, 6.07) is 11.9. The summed E-state index contributed by atoms with van der Waals surface area (Å²) in [4.78, 5) is 34.8. The van der Waals surface area contributed by atoms with Crippen LogP contribution >= 0.6 is 11.6 Å². The number of carbonyl (C=O) groups is 2. The van der Waals surface area contributed by atoms with Gasteiger partial charge in [-0.1, -0.05) is 43.6 Å². The van der Waals surface area contributed by atoms with Gasteiger partial charge in [-0.05, 0) is 62.8 Å². The van der Waals surface area contributed by atoms with E-state index in [2.05, 4.69) is 23.7 Å². The predicted molar refractivity (Wildman–Crippen MR) is 133 cm³/mol. The van der Waals surface area contributed by atoms with Crippen molar-refractivity contribution in [1.29, 1.82) is 0 Å². The number of pyridine rings is 1. The Kier molecular flexibility index (Phi) is 7.05. The molecule has 0 radical (unpaired) electrons. The standard InChI is InChI=1S/C26H29ClN4O3/c1-4-29(5-2)13-9-15-31-23(18-10-8-11-19(27)16-18)21(25(33)26(31)34)24(32)22-17(3)28-20-12-6-7-14-30(20)22/h6-8,10-12,14,16,23,32H,4-5,9,13,15H2,1-3H3/b24-21+/t23-/m1/s1.